The summed E-state index contributed by atoms with van der Waals surface area (Å²) in [5.41, 5.74) is 3.24. The Kier molecular flexibility index (Phi) is 2.88. The minimum Gasteiger partial charge on any atom is -0.618 e. The van der Waals surface area contributed by atoms with Gasteiger partial charge in [0.1, 0.15) is 11.2 Å². The first-order chi connectivity index (χ1) is 8.79. The Balaban J connectivity index is 1.98. The maximum absolute atomic E-state index is 12.3. The van der Waals surface area contributed by atoms with Crippen LogP contribution in [-0.2, 0) is 13.1 Å². The molecule has 1 aromatic carbocycles. The summed E-state index contributed by atoms with van der Waals surface area (Å²) in [6, 6.07) is 7.54. The molecule has 0 N–H and O–H groups in total. The molecule has 2 aromatic rings. The summed E-state index contributed by atoms with van der Waals surface area (Å²) in [5.74, 6) is 0. The van der Waals surface area contributed by atoms with E-state index in [0.29, 0.717) is 5.52 Å². The van der Waals surface area contributed by atoms with Crippen molar-refractivity contribution in [3.05, 3.63) is 40.9 Å². The Morgan fingerprint density at radius 2 is 2.17 bits per heavy atom. The van der Waals surface area contributed by atoms with E-state index in [2.05, 4.69) is 16.8 Å². The smallest absolute Gasteiger partial charge is 0.242 e. The highest BCUT2D eigenvalue weighted by Crippen LogP contribution is 2.20. The summed E-state index contributed by atoms with van der Waals surface area (Å²) in [7, 11) is 0. The first-order valence-corrected chi connectivity index (χ1v) is 6.52. The van der Waals surface area contributed by atoms with Crippen LogP contribution in [-0.4, -0.2) is 16.4 Å². The minimum atomic E-state index is 0.675. The van der Waals surface area contributed by atoms with Gasteiger partial charge in [0.05, 0.1) is 6.54 Å². The van der Waals surface area contributed by atoms with Crippen molar-refractivity contribution >= 4 is 11.0 Å². The van der Waals surface area contributed by atoms with Crippen LogP contribution in [0.3, 0.4) is 0 Å². The van der Waals surface area contributed by atoms with E-state index in [1.807, 2.05) is 24.3 Å². The fourth-order valence-corrected chi connectivity index (χ4v) is 2.50. The quantitative estimate of drug-likeness (QED) is 0.611. The summed E-state index contributed by atoms with van der Waals surface area (Å²) < 4.78 is 1.06. The lowest BCUT2D eigenvalue weighted by molar-refractivity contribution is -0.586. The van der Waals surface area contributed by atoms with Crippen molar-refractivity contribution in [3.8, 4) is 0 Å². The Labute approximate surface area is 106 Å². The summed E-state index contributed by atoms with van der Waals surface area (Å²) in [6.45, 7) is 4.77. The van der Waals surface area contributed by atoms with Gasteiger partial charge in [0.25, 0.3) is 0 Å². The maximum Gasteiger partial charge on any atom is 0.242 e. The number of para-hydroxylation sites is 2. The molecular formula is C14H17N3O. The zero-order chi connectivity index (χ0) is 12.5. The van der Waals surface area contributed by atoms with Gasteiger partial charge in [0.15, 0.2) is 0 Å². The number of aromatic nitrogens is 2. The molecule has 1 aromatic heterocycles. The van der Waals surface area contributed by atoms with Crippen molar-refractivity contribution in [3.63, 3.8) is 0 Å². The standard InChI is InChI=1S/C14H17N3O/c1-2-3-8-16-9-12-14(10-16)17(18)13-7-5-4-6-11(13)15-12/h4-7H,2-3,8-10H2,1H3. The van der Waals surface area contributed by atoms with E-state index < -0.39 is 0 Å². The highest BCUT2D eigenvalue weighted by atomic mass is 16.5. The molecule has 4 nitrogen and oxygen atoms in total. The molecule has 0 atom stereocenters. The van der Waals surface area contributed by atoms with E-state index in [1.54, 1.807) is 0 Å². The molecule has 0 radical (unpaired) electrons. The van der Waals surface area contributed by atoms with Crippen LogP contribution in [0, 0.1) is 5.21 Å². The topological polar surface area (TPSA) is 43.1 Å². The lowest BCUT2D eigenvalue weighted by atomic mass is 10.2. The van der Waals surface area contributed by atoms with Crippen LogP contribution in [0.4, 0.5) is 0 Å². The van der Waals surface area contributed by atoms with Crippen molar-refractivity contribution in [2.75, 3.05) is 6.54 Å². The van der Waals surface area contributed by atoms with Gasteiger partial charge in [-0.15, -0.1) is 0 Å². The largest absolute Gasteiger partial charge is 0.618 e. The van der Waals surface area contributed by atoms with Gasteiger partial charge in [-0.3, -0.25) is 4.90 Å². The van der Waals surface area contributed by atoms with Crippen LogP contribution < -0.4 is 4.73 Å². The van der Waals surface area contributed by atoms with E-state index in [4.69, 9.17) is 0 Å². The van der Waals surface area contributed by atoms with Gasteiger partial charge in [-0.05, 0) is 19.0 Å². The molecule has 0 aliphatic carbocycles. The Bertz CT molecular complexity index is 583. The molecule has 0 bridgehead atoms. The summed E-state index contributed by atoms with van der Waals surface area (Å²) in [5, 5.41) is 12.3. The van der Waals surface area contributed by atoms with E-state index in [0.717, 1.165) is 41.3 Å². The Morgan fingerprint density at radius 1 is 1.33 bits per heavy atom. The Hall–Kier alpha value is -1.68. The molecule has 94 valence electrons. The van der Waals surface area contributed by atoms with Gasteiger partial charge < -0.3 is 5.21 Å². The van der Waals surface area contributed by atoms with Crippen LogP contribution in [0.5, 0.6) is 0 Å². The monoisotopic (exact) mass is 243 g/mol. The molecule has 0 saturated heterocycles. The van der Waals surface area contributed by atoms with Gasteiger partial charge in [-0.1, -0.05) is 25.5 Å². The van der Waals surface area contributed by atoms with Crippen LogP contribution in [0.2, 0.25) is 0 Å². The first kappa shape index (κ1) is 11.4. The van der Waals surface area contributed by atoms with Gasteiger partial charge in [-0.25, -0.2) is 4.98 Å². The van der Waals surface area contributed by atoms with Crippen molar-refractivity contribution in [2.24, 2.45) is 0 Å². The molecule has 0 unspecified atom stereocenters. The summed E-state index contributed by atoms with van der Waals surface area (Å²) in [6.07, 6.45) is 2.35. The molecule has 0 amide bonds. The van der Waals surface area contributed by atoms with Gasteiger partial charge >= 0.3 is 0 Å². The number of fused-ring (bicyclic) bond motifs is 2. The molecule has 0 saturated carbocycles. The van der Waals surface area contributed by atoms with Crippen molar-refractivity contribution < 1.29 is 4.73 Å². The second-order valence-corrected chi connectivity index (χ2v) is 4.85. The van der Waals surface area contributed by atoms with Gasteiger partial charge in [0, 0.05) is 12.6 Å². The zero-order valence-corrected chi connectivity index (χ0v) is 10.6. The molecule has 4 heteroatoms. The fourth-order valence-electron chi connectivity index (χ4n) is 2.50. The molecule has 3 rings (SSSR count). The summed E-state index contributed by atoms with van der Waals surface area (Å²) >= 11 is 0. The normalized spacial score (nSPS) is 15.2. The Morgan fingerprint density at radius 3 is 3.00 bits per heavy atom. The van der Waals surface area contributed by atoms with E-state index in [1.165, 1.54) is 12.8 Å². The van der Waals surface area contributed by atoms with Gasteiger partial charge in [0.2, 0.25) is 11.2 Å². The average molecular weight is 243 g/mol. The van der Waals surface area contributed by atoms with Crippen LogP contribution in [0.15, 0.2) is 24.3 Å². The second-order valence-electron chi connectivity index (χ2n) is 4.85. The lowest BCUT2D eigenvalue weighted by Gasteiger charge is -2.11. The van der Waals surface area contributed by atoms with Crippen molar-refractivity contribution in [1.29, 1.82) is 0 Å². The number of benzene rings is 1. The number of rotatable bonds is 3. The van der Waals surface area contributed by atoms with E-state index in [-0.39, 0.29) is 0 Å². The number of unbranched alkanes of at least 4 members (excludes halogenated alkanes) is 1. The SMILES string of the molecule is CCCCN1Cc2nc3ccccc3[n+]([O-])c2C1. The van der Waals surface area contributed by atoms with E-state index >= 15 is 0 Å². The zero-order valence-electron chi connectivity index (χ0n) is 10.6. The minimum absolute atomic E-state index is 0.675. The lowest BCUT2D eigenvalue weighted by Crippen LogP contribution is -2.34. The van der Waals surface area contributed by atoms with Crippen LogP contribution in [0.25, 0.3) is 11.0 Å². The molecule has 18 heavy (non-hydrogen) atoms. The average Bonchev–Trinajstić information content (AvgIpc) is 2.80. The highest BCUT2D eigenvalue weighted by Gasteiger charge is 2.28. The van der Waals surface area contributed by atoms with Crippen molar-refractivity contribution in [2.45, 2.75) is 32.9 Å². The molecule has 0 spiro atoms. The number of hydrogen-bond acceptors (Lipinski definition) is 3. The molecule has 2 heterocycles. The van der Waals surface area contributed by atoms with Gasteiger partial charge in [-0.2, -0.15) is 4.73 Å². The third kappa shape index (κ3) is 1.82. The van der Waals surface area contributed by atoms with Crippen LogP contribution in [0.1, 0.15) is 31.2 Å². The first-order valence-electron chi connectivity index (χ1n) is 6.52. The second kappa shape index (κ2) is 4.53. The third-order valence-corrected chi connectivity index (χ3v) is 3.51. The number of hydrogen-bond donors (Lipinski definition) is 0. The van der Waals surface area contributed by atoms with Crippen molar-refractivity contribution in [1.82, 2.24) is 9.88 Å². The predicted molar refractivity (Wildman–Crippen MR) is 69.7 cm³/mol. The molecule has 1 aliphatic heterocycles. The van der Waals surface area contributed by atoms with E-state index in [9.17, 15) is 5.21 Å². The number of nitrogens with zero attached hydrogens (tertiary/aromatic N) is 3. The maximum atomic E-state index is 12.3. The molecule has 1 aliphatic rings. The summed E-state index contributed by atoms with van der Waals surface area (Å²) in [4.78, 5) is 6.91. The molecular weight excluding hydrogens is 226 g/mol. The highest BCUT2D eigenvalue weighted by molar-refractivity contribution is 5.70. The molecule has 0 fully saturated rings. The van der Waals surface area contributed by atoms with Crippen LogP contribution >= 0.6 is 0 Å². The fraction of sp³-hybridized carbons (Fsp3) is 0.429. The third-order valence-electron chi connectivity index (χ3n) is 3.51. The predicted octanol–water partition coefficient (Wildman–Crippen LogP) is 1.98.